The zero-order valence-electron chi connectivity index (χ0n) is 26.6. The number of hydrogen-bond acceptors (Lipinski definition) is 5. The largest absolute Gasteiger partial charge is 0.394 e. The summed E-state index contributed by atoms with van der Waals surface area (Å²) < 4.78 is 0. The monoisotopic (exact) mass is 604 g/mol. The van der Waals surface area contributed by atoms with E-state index in [1.807, 2.05) is 73.8 Å². The number of carbonyl (C=O) groups is 1. The van der Waals surface area contributed by atoms with Crippen molar-refractivity contribution in [3.63, 3.8) is 0 Å². The highest BCUT2D eigenvalue weighted by molar-refractivity contribution is 8.02. The molecule has 1 aromatic carbocycles. The molecule has 0 aromatic heterocycles. The Morgan fingerprint density at radius 3 is 2.20 bits per heavy atom. The van der Waals surface area contributed by atoms with Gasteiger partial charge in [-0.2, -0.15) is 0 Å². The van der Waals surface area contributed by atoms with E-state index in [1.165, 1.54) is 0 Å². The quantitative estimate of drug-likeness (QED) is 0.0536. The number of nitrogens with one attached hydrogen (secondary N) is 2. The first-order chi connectivity index (χ1) is 19.6. The maximum absolute atomic E-state index is 12.2. The van der Waals surface area contributed by atoms with Crippen molar-refractivity contribution in [1.29, 1.82) is 0 Å². The normalized spacial score (nSPS) is 12.0. The summed E-state index contributed by atoms with van der Waals surface area (Å²) in [6.45, 7) is 17.9. The second-order valence-electron chi connectivity index (χ2n) is 8.46. The number of amides is 1. The average Bonchev–Trinajstić information content (AvgIpc) is 2.99. The molecule has 230 valence electrons. The number of unbranched alkanes of at least 4 members (excludes halogenated alkanes) is 1. The van der Waals surface area contributed by atoms with Gasteiger partial charge in [0.2, 0.25) is 0 Å². The van der Waals surface area contributed by atoms with Crippen molar-refractivity contribution in [2.75, 3.05) is 26.6 Å². The predicted molar refractivity (Wildman–Crippen MR) is 184 cm³/mol. The van der Waals surface area contributed by atoms with E-state index < -0.39 is 0 Å². The van der Waals surface area contributed by atoms with E-state index in [0.29, 0.717) is 12.1 Å². The Morgan fingerprint density at radius 1 is 1.20 bits per heavy atom. The third-order valence-corrected chi connectivity index (χ3v) is 6.20. The molecule has 0 spiro atoms. The number of amidine groups is 1. The van der Waals surface area contributed by atoms with Gasteiger partial charge >= 0.3 is 0 Å². The molecular weight excluding hydrogens is 552 g/mol. The number of aliphatic hydroxyl groups excluding tert-OH is 1. The van der Waals surface area contributed by atoms with Crippen molar-refractivity contribution in [2.45, 2.75) is 73.9 Å². The van der Waals surface area contributed by atoms with Crippen molar-refractivity contribution in [2.24, 2.45) is 4.99 Å². The highest BCUT2D eigenvalue weighted by Gasteiger charge is 2.12. The Kier molecular flexibility index (Phi) is 29.7. The zero-order chi connectivity index (χ0) is 32.2. The summed E-state index contributed by atoms with van der Waals surface area (Å²) in [5.41, 5.74) is 2.57. The molecule has 1 atom stereocenters. The molecule has 0 bridgehead atoms. The first kappa shape index (κ1) is 42.5. The van der Waals surface area contributed by atoms with E-state index in [0.717, 1.165) is 45.8 Å². The number of thioether (sulfide) groups is 1. The van der Waals surface area contributed by atoms with E-state index >= 15 is 0 Å². The third-order valence-electron chi connectivity index (χ3n) is 4.97. The average molecular weight is 605 g/mol. The summed E-state index contributed by atoms with van der Waals surface area (Å²) >= 11 is 7.01. The fourth-order valence-corrected chi connectivity index (χ4v) is 3.29. The number of aliphatic imine (C=N–C) groups is 1. The third kappa shape index (κ3) is 22.5. The van der Waals surface area contributed by atoms with Crippen LogP contribution < -0.4 is 10.6 Å². The van der Waals surface area contributed by atoms with Crippen LogP contribution in [0.3, 0.4) is 0 Å². The number of terminal acetylenes is 1. The zero-order valence-corrected chi connectivity index (χ0v) is 28.2. The lowest BCUT2D eigenvalue weighted by atomic mass is 10.1. The molecule has 6 nitrogen and oxygen atoms in total. The van der Waals surface area contributed by atoms with Crippen molar-refractivity contribution in [3.8, 4) is 12.8 Å². The highest BCUT2D eigenvalue weighted by atomic mass is 35.5. The molecule has 41 heavy (non-hydrogen) atoms. The molecule has 0 saturated heterocycles. The Balaban J connectivity index is -0.00000141. The first-order valence-electron chi connectivity index (χ1n) is 13.7. The van der Waals surface area contributed by atoms with Crippen LogP contribution in [0.2, 0.25) is 0 Å². The van der Waals surface area contributed by atoms with Crippen LogP contribution in [0.25, 0.3) is 0 Å². The molecule has 1 rings (SSSR count). The second kappa shape index (κ2) is 28.6. The maximum Gasteiger partial charge on any atom is 0.251 e. The minimum Gasteiger partial charge on any atom is -0.394 e. The van der Waals surface area contributed by atoms with Gasteiger partial charge in [0.25, 0.3) is 5.91 Å². The van der Waals surface area contributed by atoms with Crippen LogP contribution >= 0.6 is 23.4 Å². The van der Waals surface area contributed by atoms with Crippen molar-refractivity contribution in [1.82, 2.24) is 15.5 Å². The molecule has 1 unspecified atom stereocenters. The van der Waals surface area contributed by atoms with Crippen LogP contribution in [0.4, 0.5) is 0 Å². The number of hydrogen-bond donors (Lipinski definition) is 3. The smallest absolute Gasteiger partial charge is 0.251 e. The molecular formula is C33H53ClN4O2S. The Hall–Kier alpha value is -2.92. The second-order valence-corrected chi connectivity index (χ2v) is 10.3. The summed E-state index contributed by atoms with van der Waals surface area (Å²) in [6, 6.07) is 7.13. The van der Waals surface area contributed by atoms with Gasteiger partial charge in [0, 0.05) is 30.7 Å². The molecule has 0 aliphatic heterocycles. The Morgan fingerprint density at radius 2 is 1.76 bits per heavy atom. The minimum absolute atomic E-state index is 0.0887. The van der Waals surface area contributed by atoms with E-state index in [9.17, 15) is 4.79 Å². The van der Waals surface area contributed by atoms with Crippen LogP contribution in [0.5, 0.6) is 0 Å². The van der Waals surface area contributed by atoms with Crippen molar-refractivity contribution < 1.29 is 9.90 Å². The molecule has 8 heteroatoms. The summed E-state index contributed by atoms with van der Waals surface area (Å²) in [7, 11) is 3.94. The molecule has 3 N–H and O–H groups in total. The standard InChI is InChI=1S/C25H38N4O2S.C4H7Cl.C2H6.C2H2/c1-7-8-9-10-11-23(26-5)24(29(6)18-32-19(2)3)27-16-21-12-14-22(15-13-21)25(31)28-20(4)17-30;1-3-4(2)5;2*1-2/h7-8,11-15,20,26,30H,2,9-10,16-18H2,1,3-6H3,(H,28,31);3H,1-2H3;1-2H3;1-2H/b8-7-,23-11-,27-24?;4-3+;;. The van der Waals surface area contributed by atoms with Gasteiger partial charge < -0.3 is 20.6 Å². The van der Waals surface area contributed by atoms with E-state index in [4.69, 9.17) is 21.7 Å². The van der Waals surface area contributed by atoms with Gasteiger partial charge in [-0.05, 0) is 70.1 Å². The van der Waals surface area contributed by atoms with Crippen LogP contribution in [0.15, 0.2) is 75.8 Å². The van der Waals surface area contributed by atoms with Crippen LogP contribution in [-0.4, -0.2) is 54.4 Å². The minimum atomic E-state index is -0.276. The highest BCUT2D eigenvalue weighted by Crippen LogP contribution is 2.16. The van der Waals surface area contributed by atoms with E-state index in [1.54, 1.807) is 30.8 Å². The SMILES string of the molecule is C#C.C/C=C(\C)Cl.C=C(C)SCN(C)C(=NCc1ccc(C(=O)NC(C)CO)cc1)/C(=C/CC/C=C\C)NC.CC. The van der Waals surface area contributed by atoms with E-state index in [-0.39, 0.29) is 18.6 Å². The van der Waals surface area contributed by atoms with Gasteiger partial charge in [-0.25, -0.2) is 0 Å². The number of halogens is 1. The first-order valence-corrected chi connectivity index (χ1v) is 15.1. The Labute approximate surface area is 260 Å². The number of allylic oxidation sites excluding steroid dienone is 6. The summed E-state index contributed by atoms with van der Waals surface area (Å²) in [5, 5.41) is 16.0. The van der Waals surface area contributed by atoms with Crippen LogP contribution in [0.1, 0.15) is 77.2 Å². The molecule has 0 radical (unpaired) electrons. The van der Waals surface area contributed by atoms with Gasteiger partial charge in [-0.3, -0.25) is 9.79 Å². The van der Waals surface area contributed by atoms with Gasteiger partial charge in [-0.1, -0.05) is 68.5 Å². The number of likely N-dealkylation sites (N-methyl/N-ethyl adjacent to an activating group) is 2. The lowest BCUT2D eigenvalue weighted by Gasteiger charge is -2.23. The lowest BCUT2D eigenvalue weighted by Crippen LogP contribution is -2.34. The van der Waals surface area contributed by atoms with Crippen LogP contribution in [-0.2, 0) is 6.54 Å². The summed E-state index contributed by atoms with van der Waals surface area (Å²) in [6.07, 6.45) is 18.2. The lowest BCUT2D eigenvalue weighted by molar-refractivity contribution is 0.0922. The summed E-state index contributed by atoms with van der Waals surface area (Å²) in [5.74, 6) is 1.45. The fourth-order valence-electron chi connectivity index (χ4n) is 2.76. The van der Waals surface area contributed by atoms with Gasteiger partial charge in [-0.15, -0.1) is 24.6 Å². The van der Waals surface area contributed by atoms with Crippen molar-refractivity contribution in [3.05, 3.63) is 81.9 Å². The Bertz CT molecular complexity index is 979. The predicted octanol–water partition coefficient (Wildman–Crippen LogP) is 7.74. The number of carbonyl (C=O) groups excluding carboxylic acids is 1. The van der Waals surface area contributed by atoms with Gasteiger partial charge in [0.1, 0.15) is 5.84 Å². The molecule has 0 aliphatic carbocycles. The molecule has 1 aromatic rings. The molecule has 0 heterocycles. The van der Waals surface area contributed by atoms with Gasteiger partial charge in [0.05, 0.1) is 24.7 Å². The topological polar surface area (TPSA) is 77.0 Å². The summed E-state index contributed by atoms with van der Waals surface area (Å²) in [4.78, 5) is 20.3. The van der Waals surface area contributed by atoms with Crippen molar-refractivity contribution >= 4 is 35.1 Å². The van der Waals surface area contributed by atoms with Gasteiger partial charge in [0.15, 0.2) is 0 Å². The molecule has 0 saturated carbocycles. The number of aliphatic hydroxyl groups is 1. The number of benzene rings is 1. The molecule has 0 aliphatic rings. The van der Waals surface area contributed by atoms with E-state index in [2.05, 4.69) is 53.2 Å². The maximum atomic E-state index is 12.2. The van der Waals surface area contributed by atoms with Crippen LogP contribution in [0, 0.1) is 12.8 Å². The molecule has 1 amide bonds. The molecule has 0 fully saturated rings. The number of rotatable bonds is 13. The number of nitrogens with zero attached hydrogens (tertiary/aromatic N) is 2. The fraction of sp³-hybridized carbons (Fsp3) is 0.455.